The lowest BCUT2D eigenvalue weighted by Gasteiger charge is -2.02. The van der Waals surface area contributed by atoms with Crippen molar-refractivity contribution in [3.63, 3.8) is 0 Å². The molecule has 0 aliphatic heterocycles. The van der Waals surface area contributed by atoms with E-state index in [1.165, 1.54) is 6.20 Å². The number of carbonyl (C=O) groups excluding carboxylic acids is 2. The number of hydrogen-bond donors (Lipinski definition) is 2. The van der Waals surface area contributed by atoms with Gasteiger partial charge in [-0.05, 0) is 24.3 Å². The summed E-state index contributed by atoms with van der Waals surface area (Å²) >= 11 is 2.04. The fourth-order valence-electron chi connectivity index (χ4n) is 1.60. The van der Waals surface area contributed by atoms with E-state index in [9.17, 15) is 9.59 Å². The molecular weight excluding hydrogens is 281 g/mol. The number of rotatable bonds is 2. The summed E-state index contributed by atoms with van der Waals surface area (Å²) in [5.41, 5.74) is 7.48. The standard InChI is InChI=1S/C15H10N3O2.Al/c16-15(20)13-6-12(8-17-9-13)5-4-11-2-1-3-14(7-11)18-10-19;/h1-3,6-9H,(H2,16,20)(H,18,19);. The molecule has 0 aliphatic rings. The Morgan fingerprint density at radius 1 is 1.14 bits per heavy atom. The van der Waals surface area contributed by atoms with Crippen LogP contribution in [0.15, 0.2) is 42.7 Å². The highest BCUT2D eigenvalue weighted by atomic mass is 27.0. The van der Waals surface area contributed by atoms with Gasteiger partial charge in [0.25, 0.3) is 16.3 Å². The van der Waals surface area contributed by atoms with Crippen molar-refractivity contribution >= 4 is 32.7 Å². The molecule has 1 aromatic heterocycles. The molecule has 21 heavy (non-hydrogen) atoms. The van der Waals surface area contributed by atoms with Crippen molar-refractivity contribution in [2.24, 2.45) is 5.73 Å². The fourth-order valence-corrected chi connectivity index (χ4v) is 1.77. The van der Waals surface area contributed by atoms with Crippen molar-refractivity contribution < 1.29 is 9.59 Å². The van der Waals surface area contributed by atoms with Crippen LogP contribution < -0.4 is 11.1 Å². The zero-order chi connectivity index (χ0) is 15.2. The number of nitrogens with one attached hydrogen (secondary N) is 1. The van der Waals surface area contributed by atoms with Crippen molar-refractivity contribution in [3.05, 3.63) is 59.4 Å². The molecule has 0 saturated heterocycles. The van der Waals surface area contributed by atoms with Crippen LogP contribution in [0.5, 0.6) is 0 Å². The monoisotopic (exact) mass is 291 g/mol. The Labute approximate surface area is 130 Å². The van der Waals surface area contributed by atoms with Crippen molar-refractivity contribution in [2.75, 3.05) is 5.32 Å². The zero-order valence-corrected chi connectivity index (χ0v) is 12.1. The zero-order valence-electron chi connectivity index (χ0n) is 11.0. The first-order valence-electron chi connectivity index (χ1n) is 5.98. The van der Waals surface area contributed by atoms with Gasteiger partial charge in [0.05, 0.1) is 5.56 Å². The molecular formula is C15H10AlN3O2. The molecule has 1 heterocycles. The van der Waals surface area contributed by atoms with E-state index in [0.29, 0.717) is 16.8 Å². The second-order valence-corrected chi connectivity index (χ2v) is 4.67. The summed E-state index contributed by atoms with van der Waals surface area (Å²) < 4.78 is -0.224. The molecule has 0 fully saturated rings. The number of nitrogens with two attached hydrogens (primary N) is 1. The summed E-state index contributed by atoms with van der Waals surface area (Å²) in [5, 5.41) is 2.65. The highest BCUT2D eigenvalue weighted by Crippen LogP contribution is 2.10. The number of hydrogen-bond acceptors (Lipinski definition) is 3. The Bertz CT molecular complexity index is 763. The third kappa shape index (κ3) is 4.47. The second-order valence-electron chi connectivity index (χ2n) is 4.15. The third-order valence-corrected chi connectivity index (χ3v) is 2.65. The summed E-state index contributed by atoms with van der Waals surface area (Å²) in [6.45, 7) is 0. The number of carbonyl (C=O) groups is 2. The van der Waals surface area contributed by atoms with Crippen LogP contribution in [0.25, 0.3) is 0 Å². The van der Waals surface area contributed by atoms with E-state index in [1.807, 2.05) is 22.4 Å². The van der Waals surface area contributed by atoms with E-state index in [4.69, 9.17) is 5.73 Å². The van der Waals surface area contributed by atoms with E-state index < -0.39 is 5.91 Å². The highest BCUT2D eigenvalue weighted by molar-refractivity contribution is 6.60. The molecule has 2 aromatic rings. The molecule has 0 bridgehead atoms. The molecule has 2 radical (unpaired) electrons. The number of anilines is 1. The minimum Gasteiger partial charge on any atom is -0.366 e. The average Bonchev–Trinajstić information content (AvgIpc) is 2.45. The van der Waals surface area contributed by atoms with Crippen molar-refractivity contribution in [3.8, 4) is 11.8 Å². The van der Waals surface area contributed by atoms with Gasteiger partial charge in [0.2, 0.25) is 5.91 Å². The maximum atomic E-state index is 11.1. The molecule has 100 valence electrons. The summed E-state index contributed by atoms with van der Waals surface area (Å²) in [5.74, 6) is 5.29. The number of benzene rings is 1. The molecule has 0 aliphatic carbocycles. The molecule has 5 nitrogen and oxygen atoms in total. The van der Waals surface area contributed by atoms with Crippen LogP contribution in [-0.2, 0) is 0 Å². The minimum atomic E-state index is -0.545. The van der Waals surface area contributed by atoms with Gasteiger partial charge in [-0.15, -0.1) is 0 Å². The maximum absolute atomic E-state index is 11.1. The Balaban J connectivity index is 2.24. The van der Waals surface area contributed by atoms with Gasteiger partial charge in [-0.1, -0.05) is 17.9 Å². The van der Waals surface area contributed by atoms with Crippen molar-refractivity contribution in [2.45, 2.75) is 0 Å². The van der Waals surface area contributed by atoms with Gasteiger partial charge in [0, 0.05) is 29.2 Å². The summed E-state index contributed by atoms with van der Waals surface area (Å²) in [4.78, 5) is 25.9. The summed E-state index contributed by atoms with van der Waals surface area (Å²) in [7, 11) is 0. The van der Waals surface area contributed by atoms with Crippen LogP contribution in [0.1, 0.15) is 21.5 Å². The largest absolute Gasteiger partial charge is 0.366 e. The van der Waals surface area contributed by atoms with Crippen LogP contribution in [-0.4, -0.2) is 32.0 Å². The SMILES string of the molecule is NC(=O)c1cncc(C#Cc2cccc(N[C](=O)[Al])c2)c1. The van der Waals surface area contributed by atoms with Crippen molar-refractivity contribution in [1.82, 2.24) is 4.98 Å². The number of aromatic nitrogens is 1. The van der Waals surface area contributed by atoms with E-state index >= 15 is 0 Å². The predicted octanol–water partition coefficient (Wildman–Crippen LogP) is 1.28. The Hall–Kier alpha value is -2.60. The number of amides is 2. The molecule has 0 spiro atoms. The molecule has 2 rings (SSSR count). The first-order chi connectivity index (χ1) is 10.0. The minimum absolute atomic E-state index is 0.224. The molecule has 6 heteroatoms. The Morgan fingerprint density at radius 3 is 2.62 bits per heavy atom. The number of primary amides is 1. The van der Waals surface area contributed by atoms with Crippen LogP contribution in [0.4, 0.5) is 10.5 Å². The molecule has 2 amide bonds. The van der Waals surface area contributed by atoms with Crippen molar-refractivity contribution in [1.29, 1.82) is 0 Å². The quantitative estimate of drug-likeness (QED) is 0.645. The summed E-state index contributed by atoms with van der Waals surface area (Å²) in [6.07, 6.45) is 2.94. The van der Waals surface area contributed by atoms with Crippen LogP contribution >= 0.6 is 0 Å². The van der Waals surface area contributed by atoms with Gasteiger partial charge < -0.3 is 15.8 Å². The smallest absolute Gasteiger partial charge is 0.281 e. The van der Waals surface area contributed by atoms with E-state index in [-0.39, 0.29) is 4.77 Å². The maximum Gasteiger partial charge on any atom is 0.281 e. The first kappa shape index (κ1) is 14.8. The van der Waals surface area contributed by atoms with Gasteiger partial charge in [-0.3, -0.25) is 9.78 Å². The van der Waals surface area contributed by atoms with E-state index in [1.54, 1.807) is 30.5 Å². The van der Waals surface area contributed by atoms with Gasteiger partial charge in [-0.2, -0.15) is 0 Å². The molecule has 1 aromatic carbocycles. The van der Waals surface area contributed by atoms with Gasteiger partial charge in [0.1, 0.15) is 4.77 Å². The molecule has 0 saturated carbocycles. The normalized spacial score (nSPS) is 9.33. The van der Waals surface area contributed by atoms with Gasteiger partial charge in [-0.25, -0.2) is 0 Å². The van der Waals surface area contributed by atoms with E-state index in [2.05, 4.69) is 22.1 Å². The molecule has 0 unspecified atom stereocenters. The molecule has 0 atom stereocenters. The first-order valence-corrected chi connectivity index (χ1v) is 6.56. The number of pyridine rings is 1. The summed E-state index contributed by atoms with van der Waals surface area (Å²) in [6, 6.07) is 8.70. The predicted molar refractivity (Wildman–Crippen MR) is 79.9 cm³/mol. The fraction of sp³-hybridized carbons (Fsp3) is 0. The lowest BCUT2D eigenvalue weighted by molar-refractivity contribution is 0.1000. The lowest BCUT2D eigenvalue weighted by Crippen LogP contribution is -2.11. The van der Waals surface area contributed by atoms with Crippen LogP contribution in [0, 0.1) is 11.8 Å². The molecule has 3 N–H and O–H groups in total. The third-order valence-electron chi connectivity index (χ3n) is 2.50. The van der Waals surface area contributed by atoms with Gasteiger partial charge >= 0.3 is 0 Å². The second kappa shape index (κ2) is 6.72. The Kier molecular flexibility index (Phi) is 4.73. The highest BCUT2D eigenvalue weighted by Gasteiger charge is 2.00. The average molecular weight is 291 g/mol. The number of nitrogens with zero attached hydrogens (tertiary/aromatic N) is 1. The van der Waals surface area contributed by atoms with Crippen LogP contribution in [0.3, 0.4) is 0 Å². The van der Waals surface area contributed by atoms with E-state index in [0.717, 1.165) is 5.56 Å². The van der Waals surface area contributed by atoms with Crippen LogP contribution in [0.2, 0.25) is 0 Å². The topological polar surface area (TPSA) is 85.1 Å². The van der Waals surface area contributed by atoms with Gasteiger partial charge in [0.15, 0.2) is 0 Å². The Morgan fingerprint density at radius 2 is 1.90 bits per heavy atom. The lowest BCUT2D eigenvalue weighted by atomic mass is 10.1.